The average Bonchev–Trinajstić information content (AvgIpc) is 2.99. The van der Waals surface area contributed by atoms with Crippen molar-refractivity contribution >= 4 is 28.7 Å². The fourth-order valence-electron chi connectivity index (χ4n) is 2.13. The molecule has 1 heterocycles. The Bertz CT molecular complexity index is 714. The number of nitro benzene ring substituents is 1. The van der Waals surface area contributed by atoms with Gasteiger partial charge in [-0.2, -0.15) is 0 Å². The number of benzene rings is 1. The molecule has 2 aromatic rings. The molecule has 0 unspecified atom stereocenters. The molecule has 1 aromatic heterocycles. The van der Waals surface area contributed by atoms with Crippen LogP contribution in [0.5, 0.6) is 0 Å². The van der Waals surface area contributed by atoms with Crippen LogP contribution in [0.2, 0.25) is 0 Å². The standard InChI is InChI=1S/C16H21N5O2S/c1-12-7-10-24-15(12)11-20-16(17-2)19-9-8-18-13-5-3-4-6-14(13)21(22)23/h3-7,10,18H,8-9,11H2,1-2H3,(H2,17,19,20). The van der Waals surface area contributed by atoms with Crippen molar-refractivity contribution in [2.45, 2.75) is 13.5 Å². The Labute approximate surface area is 145 Å². The van der Waals surface area contributed by atoms with Crippen LogP contribution in [-0.2, 0) is 6.54 Å². The monoisotopic (exact) mass is 347 g/mol. The highest BCUT2D eigenvalue weighted by Crippen LogP contribution is 2.22. The van der Waals surface area contributed by atoms with Crippen molar-refractivity contribution in [1.29, 1.82) is 0 Å². The molecule has 0 bridgehead atoms. The van der Waals surface area contributed by atoms with E-state index in [9.17, 15) is 10.1 Å². The summed E-state index contributed by atoms with van der Waals surface area (Å²) in [5, 5.41) is 22.5. The summed E-state index contributed by atoms with van der Waals surface area (Å²) in [4.78, 5) is 16.0. The number of nitrogens with one attached hydrogen (secondary N) is 3. The number of thiophene rings is 1. The molecule has 3 N–H and O–H groups in total. The number of aryl methyl sites for hydroxylation is 1. The lowest BCUT2D eigenvalue weighted by atomic mass is 10.2. The highest BCUT2D eigenvalue weighted by molar-refractivity contribution is 7.10. The minimum Gasteiger partial charge on any atom is -0.378 e. The normalized spacial score (nSPS) is 11.2. The first-order valence-electron chi connectivity index (χ1n) is 7.56. The molecule has 2 rings (SSSR count). The molecule has 0 atom stereocenters. The van der Waals surface area contributed by atoms with E-state index in [0.717, 1.165) is 6.54 Å². The van der Waals surface area contributed by atoms with Crippen molar-refractivity contribution in [3.63, 3.8) is 0 Å². The largest absolute Gasteiger partial charge is 0.378 e. The maximum absolute atomic E-state index is 11.0. The maximum Gasteiger partial charge on any atom is 0.292 e. The fourth-order valence-corrected chi connectivity index (χ4v) is 2.98. The molecule has 0 amide bonds. The van der Waals surface area contributed by atoms with Gasteiger partial charge < -0.3 is 16.0 Å². The van der Waals surface area contributed by atoms with E-state index >= 15 is 0 Å². The Morgan fingerprint density at radius 1 is 1.25 bits per heavy atom. The maximum atomic E-state index is 11.0. The van der Waals surface area contributed by atoms with Gasteiger partial charge in [-0.1, -0.05) is 12.1 Å². The van der Waals surface area contributed by atoms with Crippen molar-refractivity contribution in [1.82, 2.24) is 10.6 Å². The summed E-state index contributed by atoms with van der Waals surface area (Å²) >= 11 is 1.71. The number of para-hydroxylation sites is 2. The second-order valence-electron chi connectivity index (χ2n) is 5.08. The van der Waals surface area contributed by atoms with Gasteiger partial charge in [-0.05, 0) is 30.0 Å². The Morgan fingerprint density at radius 3 is 2.71 bits per heavy atom. The van der Waals surface area contributed by atoms with Crippen molar-refractivity contribution in [3.8, 4) is 0 Å². The number of nitrogens with zero attached hydrogens (tertiary/aromatic N) is 2. The molecule has 0 saturated carbocycles. The number of aliphatic imine (C=N–C) groups is 1. The number of anilines is 1. The third kappa shape index (κ3) is 4.95. The van der Waals surface area contributed by atoms with Crippen LogP contribution in [0.25, 0.3) is 0 Å². The lowest BCUT2D eigenvalue weighted by Crippen LogP contribution is -2.39. The summed E-state index contributed by atoms with van der Waals surface area (Å²) in [7, 11) is 1.71. The van der Waals surface area contributed by atoms with Gasteiger partial charge in [-0.15, -0.1) is 11.3 Å². The molecule has 0 spiro atoms. The Kier molecular flexibility index (Phi) is 6.56. The van der Waals surface area contributed by atoms with Crippen molar-refractivity contribution < 1.29 is 4.92 Å². The zero-order chi connectivity index (χ0) is 17.4. The quantitative estimate of drug-likeness (QED) is 0.235. The van der Waals surface area contributed by atoms with Crippen LogP contribution in [0.4, 0.5) is 11.4 Å². The van der Waals surface area contributed by atoms with Gasteiger partial charge >= 0.3 is 0 Å². The first-order valence-corrected chi connectivity index (χ1v) is 8.44. The molecule has 0 aliphatic heterocycles. The summed E-state index contributed by atoms with van der Waals surface area (Å²) in [6.45, 7) is 3.94. The predicted molar refractivity (Wildman–Crippen MR) is 98.8 cm³/mol. The van der Waals surface area contributed by atoms with E-state index in [2.05, 4.69) is 39.3 Å². The van der Waals surface area contributed by atoms with Crippen LogP contribution < -0.4 is 16.0 Å². The highest BCUT2D eigenvalue weighted by Gasteiger charge is 2.11. The molecule has 0 fully saturated rings. The number of hydrogen-bond donors (Lipinski definition) is 3. The van der Waals surface area contributed by atoms with E-state index in [1.54, 1.807) is 36.6 Å². The SMILES string of the molecule is CN=C(NCCNc1ccccc1[N+](=O)[O-])NCc1sccc1C. The first-order chi connectivity index (χ1) is 11.6. The van der Waals surface area contributed by atoms with Crippen molar-refractivity contribution in [3.05, 3.63) is 56.3 Å². The molecular weight excluding hydrogens is 326 g/mol. The number of rotatable bonds is 7. The van der Waals surface area contributed by atoms with Crippen LogP contribution in [0.1, 0.15) is 10.4 Å². The topological polar surface area (TPSA) is 91.6 Å². The molecule has 0 aliphatic carbocycles. The number of guanidine groups is 1. The fraction of sp³-hybridized carbons (Fsp3) is 0.312. The van der Waals surface area contributed by atoms with E-state index in [-0.39, 0.29) is 10.6 Å². The number of hydrogen-bond acceptors (Lipinski definition) is 5. The Morgan fingerprint density at radius 2 is 2.04 bits per heavy atom. The van der Waals surface area contributed by atoms with Gasteiger partial charge in [-0.25, -0.2) is 0 Å². The van der Waals surface area contributed by atoms with Gasteiger partial charge in [0.1, 0.15) is 5.69 Å². The minimum atomic E-state index is -0.389. The molecule has 24 heavy (non-hydrogen) atoms. The van der Waals surface area contributed by atoms with Gasteiger partial charge in [0.25, 0.3) is 5.69 Å². The van der Waals surface area contributed by atoms with Gasteiger partial charge in [-0.3, -0.25) is 15.1 Å². The van der Waals surface area contributed by atoms with Crippen molar-refractivity contribution in [2.24, 2.45) is 4.99 Å². The molecular formula is C16H21N5O2S. The zero-order valence-electron chi connectivity index (χ0n) is 13.7. The minimum absolute atomic E-state index is 0.0770. The lowest BCUT2D eigenvalue weighted by Gasteiger charge is -2.12. The van der Waals surface area contributed by atoms with Crippen LogP contribution in [-0.4, -0.2) is 31.0 Å². The summed E-state index contributed by atoms with van der Waals surface area (Å²) in [6.07, 6.45) is 0. The van der Waals surface area contributed by atoms with E-state index in [1.165, 1.54) is 16.5 Å². The van der Waals surface area contributed by atoms with Crippen LogP contribution >= 0.6 is 11.3 Å². The molecule has 7 nitrogen and oxygen atoms in total. The zero-order valence-corrected chi connectivity index (χ0v) is 14.5. The van der Waals surface area contributed by atoms with Crippen LogP contribution in [0.15, 0.2) is 40.7 Å². The van der Waals surface area contributed by atoms with Gasteiger partial charge in [0, 0.05) is 31.1 Å². The summed E-state index contributed by atoms with van der Waals surface area (Å²) in [6, 6.07) is 8.70. The van der Waals surface area contributed by atoms with Crippen LogP contribution in [0.3, 0.4) is 0 Å². The van der Waals surface area contributed by atoms with E-state index in [4.69, 9.17) is 0 Å². The molecule has 0 aliphatic rings. The van der Waals surface area contributed by atoms with E-state index in [1.807, 2.05) is 0 Å². The van der Waals surface area contributed by atoms with Gasteiger partial charge in [0.2, 0.25) is 0 Å². The first kappa shape index (κ1) is 17.7. The Balaban J connectivity index is 1.76. The predicted octanol–water partition coefficient (Wildman–Crippen LogP) is 2.74. The second-order valence-corrected chi connectivity index (χ2v) is 6.08. The average molecular weight is 347 g/mol. The van der Waals surface area contributed by atoms with Crippen LogP contribution in [0, 0.1) is 17.0 Å². The second kappa shape index (κ2) is 8.88. The van der Waals surface area contributed by atoms with E-state index in [0.29, 0.717) is 24.7 Å². The lowest BCUT2D eigenvalue weighted by molar-refractivity contribution is -0.384. The smallest absolute Gasteiger partial charge is 0.292 e. The third-order valence-electron chi connectivity index (χ3n) is 3.44. The van der Waals surface area contributed by atoms with Crippen molar-refractivity contribution in [2.75, 3.05) is 25.5 Å². The molecule has 8 heteroatoms. The summed E-state index contributed by atoms with van der Waals surface area (Å²) in [5.74, 6) is 0.701. The molecule has 128 valence electrons. The highest BCUT2D eigenvalue weighted by atomic mass is 32.1. The molecule has 0 saturated heterocycles. The Hall–Kier alpha value is -2.61. The third-order valence-corrected chi connectivity index (χ3v) is 4.46. The van der Waals surface area contributed by atoms with E-state index < -0.39 is 0 Å². The van der Waals surface area contributed by atoms with Gasteiger partial charge in [0.05, 0.1) is 11.5 Å². The summed E-state index contributed by atoms with van der Waals surface area (Å²) in [5.41, 5.74) is 1.86. The number of nitro groups is 1. The molecule has 0 radical (unpaired) electrons. The molecule has 1 aromatic carbocycles. The van der Waals surface area contributed by atoms with Gasteiger partial charge in [0.15, 0.2) is 5.96 Å². The summed E-state index contributed by atoms with van der Waals surface area (Å²) < 4.78 is 0.